The summed E-state index contributed by atoms with van der Waals surface area (Å²) in [6, 6.07) is 9.41. The number of carboxylic acids is 1. The lowest BCUT2D eigenvalue weighted by atomic mass is 10.2. The van der Waals surface area contributed by atoms with Crippen LogP contribution in [0.5, 0.6) is 0 Å². The van der Waals surface area contributed by atoms with E-state index in [4.69, 9.17) is 5.11 Å². The molecule has 0 fully saturated rings. The Balaban J connectivity index is 2.23. The van der Waals surface area contributed by atoms with Gasteiger partial charge >= 0.3 is 5.97 Å². The van der Waals surface area contributed by atoms with Gasteiger partial charge in [0.05, 0.1) is 13.0 Å². The van der Waals surface area contributed by atoms with E-state index in [1.165, 1.54) is 4.68 Å². The van der Waals surface area contributed by atoms with Gasteiger partial charge in [0.25, 0.3) is 0 Å². The fourth-order valence-corrected chi connectivity index (χ4v) is 1.35. The van der Waals surface area contributed by atoms with Crippen molar-refractivity contribution in [3.8, 4) is 11.4 Å². The smallest absolute Gasteiger partial charge is 0.305 e. The average Bonchev–Trinajstić information content (AvgIpc) is 2.75. The Morgan fingerprint density at radius 2 is 2.06 bits per heavy atom. The van der Waals surface area contributed by atoms with E-state index < -0.39 is 5.97 Å². The van der Waals surface area contributed by atoms with Gasteiger partial charge in [-0.1, -0.05) is 30.3 Å². The number of carboxylic acid groups (broad SMARTS) is 1. The summed E-state index contributed by atoms with van der Waals surface area (Å²) in [4.78, 5) is 10.5. The highest BCUT2D eigenvalue weighted by atomic mass is 16.4. The Labute approximate surface area is 91.5 Å². The van der Waals surface area contributed by atoms with E-state index in [1.807, 2.05) is 30.3 Å². The molecular formula is C10H10N4O2. The molecule has 0 saturated heterocycles. The van der Waals surface area contributed by atoms with Crippen molar-refractivity contribution < 1.29 is 9.90 Å². The zero-order valence-electron chi connectivity index (χ0n) is 8.45. The molecule has 1 aromatic carbocycles. The third-order valence-electron chi connectivity index (χ3n) is 2.10. The van der Waals surface area contributed by atoms with Crippen LogP contribution in [0.25, 0.3) is 11.4 Å². The first kappa shape index (κ1) is 10.3. The lowest BCUT2D eigenvalue weighted by Gasteiger charge is -2.01. The molecule has 0 amide bonds. The number of hydrogen-bond donors (Lipinski definition) is 1. The fraction of sp³-hybridized carbons (Fsp3) is 0.200. The van der Waals surface area contributed by atoms with Gasteiger partial charge in [-0.3, -0.25) is 4.79 Å². The minimum absolute atomic E-state index is 0.00483. The molecule has 6 nitrogen and oxygen atoms in total. The van der Waals surface area contributed by atoms with E-state index in [9.17, 15) is 4.79 Å². The molecule has 6 heteroatoms. The summed E-state index contributed by atoms with van der Waals surface area (Å²) in [7, 11) is 0. The molecule has 1 N–H and O–H groups in total. The molecule has 1 heterocycles. The number of hydrogen-bond acceptors (Lipinski definition) is 4. The molecule has 2 rings (SSSR count). The second-order valence-corrected chi connectivity index (χ2v) is 3.24. The molecule has 1 aromatic heterocycles. The molecular weight excluding hydrogens is 208 g/mol. The van der Waals surface area contributed by atoms with Crippen LogP contribution in [-0.2, 0) is 11.3 Å². The normalized spacial score (nSPS) is 10.2. The second-order valence-electron chi connectivity index (χ2n) is 3.24. The Morgan fingerprint density at radius 1 is 1.31 bits per heavy atom. The molecule has 2 aromatic rings. The number of aliphatic carboxylic acids is 1. The molecule has 0 atom stereocenters. The zero-order valence-corrected chi connectivity index (χ0v) is 8.45. The van der Waals surface area contributed by atoms with Gasteiger partial charge in [-0.25, -0.2) is 4.68 Å². The van der Waals surface area contributed by atoms with Crippen LogP contribution in [0.2, 0.25) is 0 Å². The number of aromatic nitrogens is 4. The van der Waals surface area contributed by atoms with Crippen molar-refractivity contribution in [1.82, 2.24) is 20.2 Å². The number of nitrogens with zero attached hydrogens (tertiary/aromatic N) is 4. The summed E-state index contributed by atoms with van der Waals surface area (Å²) >= 11 is 0. The fourth-order valence-electron chi connectivity index (χ4n) is 1.35. The van der Waals surface area contributed by atoms with Crippen molar-refractivity contribution in [2.24, 2.45) is 0 Å². The molecule has 0 spiro atoms. The van der Waals surface area contributed by atoms with E-state index >= 15 is 0 Å². The number of carbonyl (C=O) groups is 1. The monoisotopic (exact) mass is 218 g/mol. The molecule has 82 valence electrons. The Kier molecular flexibility index (Phi) is 2.90. The van der Waals surface area contributed by atoms with Gasteiger partial charge < -0.3 is 5.11 Å². The summed E-state index contributed by atoms with van der Waals surface area (Å²) in [5.74, 6) is -0.281. The third kappa shape index (κ3) is 2.22. The van der Waals surface area contributed by atoms with Gasteiger partial charge in [-0.15, -0.1) is 5.10 Å². The maximum Gasteiger partial charge on any atom is 0.305 e. The molecule has 0 aliphatic rings. The lowest BCUT2D eigenvalue weighted by Crippen LogP contribution is -2.07. The van der Waals surface area contributed by atoms with Crippen molar-refractivity contribution in [1.29, 1.82) is 0 Å². The van der Waals surface area contributed by atoms with Gasteiger partial charge in [-0.05, 0) is 10.4 Å². The molecule has 0 aliphatic heterocycles. The molecule has 16 heavy (non-hydrogen) atoms. The van der Waals surface area contributed by atoms with E-state index in [1.54, 1.807) is 0 Å². The minimum atomic E-state index is -0.866. The van der Waals surface area contributed by atoms with Crippen LogP contribution in [0.1, 0.15) is 6.42 Å². The Morgan fingerprint density at radius 3 is 2.75 bits per heavy atom. The van der Waals surface area contributed by atoms with E-state index in [-0.39, 0.29) is 13.0 Å². The highest BCUT2D eigenvalue weighted by molar-refractivity contribution is 5.66. The number of benzene rings is 1. The second kappa shape index (κ2) is 4.52. The summed E-state index contributed by atoms with van der Waals surface area (Å²) in [5, 5.41) is 19.8. The van der Waals surface area contributed by atoms with Crippen LogP contribution in [0.15, 0.2) is 30.3 Å². The molecule has 0 aliphatic carbocycles. The molecule has 0 unspecified atom stereocenters. The molecule has 0 radical (unpaired) electrons. The first-order chi connectivity index (χ1) is 7.77. The van der Waals surface area contributed by atoms with Crippen molar-refractivity contribution in [3.05, 3.63) is 30.3 Å². The number of tetrazole rings is 1. The maximum absolute atomic E-state index is 10.5. The van der Waals surface area contributed by atoms with Gasteiger partial charge in [0.2, 0.25) is 0 Å². The highest BCUT2D eigenvalue weighted by Crippen LogP contribution is 2.14. The lowest BCUT2D eigenvalue weighted by molar-refractivity contribution is -0.137. The van der Waals surface area contributed by atoms with Crippen molar-refractivity contribution in [3.63, 3.8) is 0 Å². The van der Waals surface area contributed by atoms with Gasteiger partial charge in [0, 0.05) is 5.56 Å². The summed E-state index contributed by atoms with van der Waals surface area (Å²) < 4.78 is 1.49. The summed E-state index contributed by atoms with van der Waals surface area (Å²) in [5.41, 5.74) is 0.873. The van der Waals surface area contributed by atoms with Crippen LogP contribution < -0.4 is 0 Å². The first-order valence-corrected chi connectivity index (χ1v) is 4.81. The van der Waals surface area contributed by atoms with Gasteiger partial charge in [0.1, 0.15) is 0 Å². The topological polar surface area (TPSA) is 80.9 Å². The van der Waals surface area contributed by atoms with Crippen LogP contribution in [0, 0.1) is 0 Å². The minimum Gasteiger partial charge on any atom is -0.481 e. The Hall–Kier alpha value is -2.24. The van der Waals surface area contributed by atoms with Crippen molar-refractivity contribution >= 4 is 5.97 Å². The maximum atomic E-state index is 10.5. The zero-order chi connectivity index (χ0) is 11.4. The van der Waals surface area contributed by atoms with Crippen molar-refractivity contribution in [2.75, 3.05) is 0 Å². The van der Waals surface area contributed by atoms with Crippen LogP contribution in [0.4, 0.5) is 0 Å². The number of aryl methyl sites for hydroxylation is 1. The van der Waals surface area contributed by atoms with E-state index in [2.05, 4.69) is 15.5 Å². The first-order valence-electron chi connectivity index (χ1n) is 4.81. The van der Waals surface area contributed by atoms with Gasteiger partial charge in [-0.2, -0.15) is 0 Å². The predicted octanol–water partition coefficient (Wildman–Crippen LogP) is 0.815. The molecule has 0 saturated carbocycles. The predicted molar refractivity (Wildman–Crippen MR) is 55.5 cm³/mol. The largest absolute Gasteiger partial charge is 0.481 e. The third-order valence-corrected chi connectivity index (χ3v) is 2.10. The quantitative estimate of drug-likeness (QED) is 0.821. The standard InChI is InChI=1S/C10H10N4O2/c15-9(16)6-7-14-10(11-12-13-14)8-4-2-1-3-5-8/h1-5H,6-7H2,(H,15,16). The molecule has 0 bridgehead atoms. The number of rotatable bonds is 4. The average molecular weight is 218 g/mol. The van der Waals surface area contributed by atoms with Crippen LogP contribution >= 0.6 is 0 Å². The van der Waals surface area contributed by atoms with Crippen LogP contribution in [-0.4, -0.2) is 31.3 Å². The highest BCUT2D eigenvalue weighted by Gasteiger charge is 2.09. The summed E-state index contributed by atoms with van der Waals surface area (Å²) in [6.07, 6.45) is 0.00483. The Bertz CT molecular complexity index is 481. The summed E-state index contributed by atoms with van der Waals surface area (Å²) in [6.45, 7) is 0.270. The van der Waals surface area contributed by atoms with Gasteiger partial charge in [0.15, 0.2) is 5.82 Å². The van der Waals surface area contributed by atoms with E-state index in [0.717, 1.165) is 5.56 Å². The van der Waals surface area contributed by atoms with E-state index in [0.29, 0.717) is 5.82 Å². The van der Waals surface area contributed by atoms with Crippen molar-refractivity contribution in [2.45, 2.75) is 13.0 Å². The van der Waals surface area contributed by atoms with Crippen LogP contribution in [0.3, 0.4) is 0 Å². The SMILES string of the molecule is O=C(O)CCn1nnnc1-c1ccccc1.